The van der Waals surface area contributed by atoms with E-state index in [-0.39, 0.29) is 6.03 Å². The summed E-state index contributed by atoms with van der Waals surface area (Å²) in [4.78, 5) is 21.6. The third kappa shape index (κ3) is 4.56. The van der Waals surface area contributed by atoms with E-state index in [1.54, 1.807) is 17.5 Å². The van der Waals surface area contributed by atoms with Crippen LogP contribution in [-0.2, 0) is 13.1 Å². The summed E-state index contributed by atoms with van der Waals surface area (Å²) in [6.07, 6.45) is 3.75. The van der Waals surface area contributed by atoms with E-state index in [0.29, 0.717) is 19.0 Å². The van der Waals surface area contributed by atoms with Gasteiger partial charge < -0.3 is 15.2 Å². The van der Waals surface area contributed by atoms with Crippen LogP contribution in [0.2, 0.25) is 0 Å². The summed E-state index contributed by atoms with van der Waals surface area (Å²) in [5.41, 5.74) is 1.03. The van der Waals surface area contributed by atoms with E-state index in [9.17, 15) is 4.79 Å². The van der Waals surface area contributed by atoms with Crippen molar-refractivity contribution in [2.75, 3.05) is 6.54 Å². The molecule has 0 spiro atoms. The van der Waals surface area contributed by atoms with Crippen LogP contribution in [0.3, 0.4) is 0 Å². The molecular formula is C15H23N5OS. The summed E-state index contributed by atoms with van der Waals surface area (Å²) >= 11 is 1.62. The minimum absolute atomic E-state index is 0.153. The first-order valence-corrected chi connectivity index (χ1v) is 8.19. The maximum atomic E-state index is 11.8. The van der Waals surface area contributed by atoms with Gasteiger partial charge in [0.05, 0.1) is 12.2 Å². The predicted molar refractivity (Wildman–Crippen MR) is 88.0 cm³/mol. The normalized spacial score (nSPS) is 12.2. The van der Waals surface area contributed by atoms with Crippen molar-refractivity contribution in [1.82, 2.24) is 25.2 Å². The minimum Gasteiger partial charge on any atom is -0.338 e. The van der Waals surface area contributed by atoms with Crippen molar-refractivity contribution in [2.45, 2.75) is 40.8 Å². The largest absolute Gasteiger partial charge is 0.338 e. The molecule has 0 aliphatic rings. The molecule has 7 heteroatoms. The summed E-state index contributed by atoms with van der Waals surface area (Å²) in [7, 11) is 0. The number of urea groups is 1. The summed E-state index contributed by atoms with van der Waals surface area (Å²) in [6.45, 7) is 10.0. The Hall–Kier alpha value is -1.89. The molecule has 22 heavy (non-hydrogen) atoms. The van der Waals surface area contributed by atoms with Crippen molar-refractivity contribution in [3.8, 4) is 0 Å². The monoisotopic (exact) mass is 321 g/mol. The van der Waals surface area contributed by atoms with Crippen LogP contribution in [0.15, 0.2) is 12.4 Å². The maximum absolute atomic E-state index is 11.8. The average molecular weight is 321 g/mol. The number of amides is 2. The van der Waals surface area contributed by atoms with Crippen LogP contribution in [-0.4, -0.2) is 27.1 Å². The van der Waals surface area contributed by atoms with Gasteiger partial charge in [0.1, 0.15) is 10.8 Å². The Labute approximate surface area is 135 Å². The molecule has 0 aromatic carbocycles. The highest BCUT2D eigenvalue weighted by molar-refractivity contribution is 7.11. The molecule has 0 aliphatic carbocycles. The fourth-order valence-electron chi connectivity index (χ4n) is 2.10. The topological polar surface area (TPSA) is 71.8 Å². The van der Waals surface area contributed by atoms with Crippen molar-refractivity contribution in [1.29, 1.82) is 0 Å². The molecule has 0 saturated carbocycles. The van der Waals surface area contributed by atoms with E-state index in [4.69, 9.17) is 0 Å². The molecule has 0 bridgehead atoms. The molecule has 2 aromatic heterocycles. The Morgan fingerprint density at radius 2 is 2.14 bits per heavy atom. The van der Waals surface area contributed by atoms with Gasteiger partial charge in [0, 0.05) is 30.4 Å². The van der Waals surface area contributed by atoms with Gasteiger partial charge in [0.15, 0.2) is 0 Å². The van der Waals surface area contributed by atoms with Gasteiger partial charge in [-0.2, -0.15) is 0 Å². The van der Waals surface area contributed by atoms with Crippen molar-refractivity contribution in [2.24, 2.45) is 5.92 Å². The van der Waals surface area contributed by atoms with E-state index in [2.05, 4.69) is 32.1 Å². The Bertz CT molecular complexity index is 614. The highest BCUT2D eigenvalue weighted by atomic mass is 32.1. The highest BCUT2D eigenvalue weighted by Crippen LogP contribution is 2.15. The molecular weight excluding hydrogens is 298 g/mol. The standard InChI is InChI=1S/C15H23N5OS/c1-10(9-20-6-5-16-13(20)4)7-17-15(21)18-8-14-19-11(2)12(3)22-14/h5-6,10H,7-9H2,1-4H3,(H2,17,18,21)/t10-/m1/s1. The number of nitrogens with one attached hydrogen (secondary N) is 2. The molecule has 120 valence electrons. The molecule has 2 amide bonds. The van der Waals surface area contributed by atoms with Crippen LogP contribution in [0.1, 0.15) is 28.3 Å². The van der Waals surface area contributed by atoms with Crippen LogP contribution >= 0.6 is 11.3 Å². The Morgan fingerprint density at radius 3 is 2.73 bits per heavy atom. The van der Waals surface area contributed by atoms with Gasteiger partial charge in [-0.15, -0.1) is 11.3 Å². The molecule has 0 saturated heterocycles. The number of imidazole rings is 1. The fraction of sp³-hybridized carbons (Fsp3) is 0.533. The summed E-state index contributed by atoms with van der Waals surface area (Å²) < 4.78 is 2.09. The first-order valence-electron chi connectivity index (χ1n) is 7.38. The maximum Gasteiger partial charge on any atom is 0.315 e. The molecule has 2 aromatic rings. The molecule has 6 nitrogen and oxygen atoms in total. The summed E-state index contributed by atoms with van der Waals surface area (Å²) in [5, 5.41) is 6.68. The zero-order valence-electron chi connectivity index (χ0n) is 13.5. The Kier molecular flexibility index (Phi) is 5.54. The van der Waals surface area contributed by atoms with Crippen LogP contribution in [0.4, 0.5) is 4.79 Å². The van der Waals surface area contributed by atoms with Crippen molar-refractivity contribution < 1.29 is 4.79 Å². The SMILES string of the molecule is Cc1nc(CNC(=O)NC[C@@H](C)Cn2ccnc2C)sc1C. The van der Waals surface area contributed by atoms with E-state index in [1.807, 2.05) is 27.0 Å². The molecule has 2 N–H and O–H groups in total. The van der Waals surface area contributed by atoms with Gasteiger partial charge in [-0.1, -0.05) is 6.92 Å². The minimum atomic E-state index is -0.153. The fourth-order valence-corrected chi connectivity index (χ4v) is 2.97. The quantitative estimate of drug-likeness (QED) is 0.858. The van der Waals surface area contributed by atoms with Crippen LogP contribution < -0.4 is 10.6 Å². The first kappa shape index (κ1) is 16.5. The van der Waals surface area contributed by atoms with E-state index < -0.39 is 0 Å². The summed E-state index contributed by atoms with van der Waals surface area (Å²) in [6, 6.07) is -0.153. The van der Waals surface area contributed by atoms with Gasteiger partial charge in [0.2, 0.25) is 0 Å². The zero-order chi connectivity index (χ0) is 16.1. The van der Waals surface area contributed by atoms with Gasteiger partial charge in [-0.05, 0) is 26.7 Å². The second kappa shape index (κ2) is 7.40. The molecule has 2 rings (SSSR count). The van der Waals surface area contributed by atoms with Crippen molar-refractivity contribution >= 4 is 17.4 Å². The van der Waals surface area contributed by atoms with Crippen molar-refractivity contribution in [3.05, 3.63) is 33.8 Å². The summed E-state index contributed by atoms with van der Waals surface area (Å²) in [5.74, 6) is 1.33. The van der Waals surface area contributed by atoms with Gasteiger partial charge in [0.25, 0.3) is 0 Å². The van der Waals surface area contributed by atoms with Crippen LogP contribution in [0.5, 0.6) is 0 Å². The number of thiazole rings is 1. The van der Waals surface area contributed by atoms with Crippen LogP contribution in [0, 0.1) is 26.7 Å². The van der Waals surface area contributed by atoms with Crippen LogP contribution in [0.25, 0.3) is 0 Å². The van der Waals surface area contributed by atoms with E-state index in [0.717, 1.165) is 23.1 Å². The molecule has 1 atom stereocenters. The van der Waals surface area contributed by atoms with E-state index >= 15 is 0 Å². The second-order valence-corrected chi connectivity index (χ2v) is 6.83. The van der Waals surface area contributed by atoms with E-state index in [1.165, 1.54) is 4.88 Å². The lowest BCUT2D eigenvalue weighted by Crippen LogP contribution is -2.38. The number of aromatic nitrogens is 3. The predicted octanol–water partition coefficient (Wildman–Crippen LogP) is 2.40. The number of carbonyl (C=O) groups excluding carboxylic acids is 1. The molecule has 0 radical (unpaired) electrons. The molecule has 0 aliphatic heterocycles. The van der Waals surface area contributed by atoms with Gasteiger partial charge >= 0.3 is 6.03 Å². The lowest BCUT2D eigenvalue weighted by Gasteiger charge is -2.14. The lowest BCUT2D eigenvalue weighted by molar-refractivity contribution is 0.238. The number of carbonyl (C=O) groups is 1. The number of nitrogens with zero attached hydrogens (tertiary/aromatic N) is 3. The zero-order valence-corrected chi connectivity index (χ0v) is 14.3. The smallest absolute Gasteiger partial charge is 0.315 e. The Balaban J connectivity index is 1.70. The van der Waals surface area contributed by atoms with Gasteiger partial charge in [-0.3, -0.25) is 0 Å². The van der Waals surface area contributed by atoms with Crippen molar-refractivity contribution in [3.63, 3.8) is 0 Å². The Morgan fingerprint density at radius 1 is 1.36 bits per heavy atom. The molecule has 0 fully saturated rings. The molecule has 2 heterocycles. The van der Waals surface area contributed by atoms with Gasteiger partial charge in [-0.25, -0.2) is 14.8 Å². The highest BCUT2D eigenvalue weighted by Gasteiger charge is 2.09. The second-order valence-electron chi connectivity index (χ2n) is 5.54. The third-order valence-electron chi connectivity index (χ3n) is 3.52. The number of hydrogen-bond acceptors (Lipinski definition) is 4. The lowest BCUT2D eigenvalue weighted by atomic mass is 10.2. The third-order valence-corrected chi connectivity index (χ3v) is 4.59. The average Bonchev–Trinajstić information content (AvgIpc) is 3.01. The number of aryl methyl sites for hydroxylation is 3. The molecule has 0 unspecified atom stereocenters. The first-order chi connectivity index (χ1) is 10.5. The number of rotatable bonds is 6. The number of hydrogen-bond donors (Lipinski definition) is 2.